The molecule has 0 aromatic heterocycles. The number of benzene rings is 8. The van der Waals surface area contributed by atoms with Gasteiger partial charge in [-0.05, 0) is 76.3 Å². The van der Waals surface area contributed by atoms with Crippen LogP contribution in [0.5, 0.6) is 0 Å². The van der Waals surface area contributed by atoms with E-state index in [0.717, 1.165) is 78.6 Å². The zero-order chi connectivity index (χ0) is 34.1. The molecule has 0 saturated carbocycles. The summed E-state index contributed by atoms with van der Waals surface area (Å²) in [6.45, 7) is 0. The molecule has 0 radical (unpaired) electrons. The van der Waals surface area contributed by atoms with Crippen LogP contribution in [0.15, 0.2) is 200 Å². The van der Waals surface area contributed by atoms with Crippen LogP contribution in [-0.4, -0.2) is 0 Å². The molecule has 2 nitrogen and oxygen atoms in total. The standard InChI is InChI=1S/C48H33ClN2/c49-46-47-44(35-20-8-2-9-21-35)43(34-18-6-1-7-19-34)45(36-22-10-3-11-23-36)48(46)51(40-28-14-5-15-29-40)42-31-17-25-38(33-42)37-24-16-30-41(32-37)50(47)39-26-12-4-13-27-39/h1-33H. The van der Waals surface area contributed by atoms with E-state index in [0.29, 0.717) is 5.02 Å². The summed E-state index contributed by atoms with van der Waals surface area (Å²) in [5.41, 5.74) is 14.6. The maximum atomic E-state index is 8.20. The minimum atomic E-state index is 0.651. The lowest BCUT2D eigenvalue weighted by atomic mass is 9.84. The second-order valence-electron chi connectivity index (χ2n) is 12.7. The van der Waals surface area contributed by atoms with Crippen molar-refractivity contribution in [2.45, 2.75) is 0 Å². The molecule has 0 fully saturated rings. The summed E-state index contributed by atoms with van der Waals surface area (Å²) in [4.78, 5) is 4.69. The molecule has 3 heteroatoms. The Kier molecular flexibility index (Phi) is 7.92. The average molecular weight is 673 g/mol. The van der Waals surface area contributed by atoms with Crippen LogP contribution in [0.3, 0.4) is 0 Å². The molecule has 1 aliphatic heterocycles. The Bertz CT molecular complexity index is 2310. The Labute approximate surface area is 304 Å². The molecule has 0 saturated heterocycles. The predicted octanol–water partition coefficient (Wildman–Crippen LogP) is 14.3. The Morgan fingerprint density at radius 2 is 0.569 bits per heavy atom. The number of hydrogen-bond donors (Lipinski definition) is 0. The highest BCUT2D eigenvalue weighted by molar-refractivity contribution is 6.39. The van der Waals surface area contributed by atoms with Crippen LogP contribution in [0.25, 0.3) is 44.5 Å². The number of hydrogen-bond acceptors (Lipinski definition) is 2. The van der Waals surface area contributed by atoms with E-state index in [-0.39, 0.29) is 0 Å². The summed E-state index contributed by atoms with van der Waals surface area (Å²) in [5.74, 6) is 0. The lowest BCUT2D eigenvalue weighted by Crippen LogP contribution is -2.17. The minimum absolute atomic E-state index is 0.651. The number of fused-ring (bicyclic) bond motifs is 7. The van der Waals surface area contributed by atoms with Crippen molar-refractivity contribution >= 4 is 45.7 Å². The maximum absolute atomic E-state index is 8.20. The Balaban J connectivity index is 1.58. The molecule has 242 valence electrons. The lowest BCUT2D eigenvalue weighted by molar-refractivity contribution is 1.25. The van der Waals surface area contributed by atoms with Crippen molar-refractivity contribution in [2.24, 2.45) is 0 Å². The van der Waals surface area contributed by atoms with Crippen molar-refractivity contribution in [3.8, 4) is 44.5 Å². The van der Waals surface area contributed by atoms with E-state index in [2.05, 4.69) is 210 Å². The molecule has 0 atom stereocenters. The van der Waals surface area contributed by atoms with E-state index in [9.17, 15) is 0 Å². The normalized spacial score (nSPS) is 11.9. The summed E-state index contributed by atoms with van der Waals surface area (Å²) in [5, 5.41) is 0.651. The zero-order valence-corrected chi connectivity index (χ0v) is 28.6. The van der Waals surface area contributed by atoms with Crippen molar-refractivity contribution in [1.29, 1.82) is 0 Å². The van der Waals surface area contributed by atoms with Gasteiger partial charge in [0.2, 0.25) is 0 Å². The van der Waals surface area contributed by atoms with Gasteiger partial charge in [0.1, 0.15) is 0 Å². The van der Waals surface area contributed by atoms with Crippen molar-refractivity contribution in [3.05, 3.63) is 205 Å². The molecule has 0 unspecified atom stereocenters. The quantitative estimate of drug-likeness (QED) is 0.179. The second-order valence-corrected chi connectivity index (χ2v) is 13.1. The first-order valence-corrected chi connectivity index (χ1v) is 17.6. The molecular weight excluding hydrogens is 640 g/mol. The molecule has 1 aliphatic rings. The highest BCUT2D eigenvalue weighted by Gasteiger charge is 2.34. The largest absolute Gasteiger partial charge is 0.308 e. The van der Waals surface area contributed by atoms with Crippen LogP contribution < -0.4 is 9.80 Å². The predicted molar refractivity (Wildman–Crippen MR) is 216 cm³/mol. The van der Waals surface area contributed by atoms with Crippen molar-refractivity contribution in [2.75, 3.05) is 9.80 Å². The zero-order valence-electron chi connectivity index (χ0n) is 27.8. The van der Waals surface area contributed by atoms with Gasteiger partial charge in [-0.15, -0.1) is 0 Å². The fourth-order valence-electron chi connectivity index (χ4n) is 7.40. The SMILES string of the molecule is Clc1c2c(-c3ccccc3)c(-c3ccccc3)c(-c3ccccc3)c1N(c1ccccc1)c1cccc(c1)-c1cccc(c1)N2c1ccccc1. The molecule has 51 heavy (non-hydrogen) atoms. The van der Waals surface area contributed by atoms with E-state index in [4.69, 9.17) is 11.6 Å². The number of rotatable bonds is 5. The first-order valence-electron chi connectivity index (χ1n) is 17.2. The Morgan fingerprint density at radius 1 is 0.275 bits per heavy atom. The number of para-hydroxylation sites is 2. The third-order valence-corrected chi connectivity index (χ3v) is 9.95. The molecule has 0 amide bonds. The molecule has 8 aromatic carbocycles. The summed E-state index contributed by atoms with van der Waals surface area (Å²) < 4.78 is 0. The molecule has 6 bridgehead atoms. The fourth-order valence-corrected chi connectivity index (χ4v) is 7.75. The topological polar surface area (TPSA) is 6.48 Å². The van der Waals surface area contributed by atoms with E-state index in [1.807, 2.05) is 0 Å². The van der Waals surface area contributed by atoms with Crippen LogP contribution in [0.1, 0.15) is 0 Å². The summed E-state index contributed by atoms with van der Waals surface area (Å²) >= 11 is 8.20. The maximum Gasteiger partial charge on any atom is 0.0900 e. The average Bonchev–Trinajstić information content (AvgIpc) is 3.21. The molecule has 0 N–H and O–H groups in total. The van der Waals surface area contributed by atoms with Gasteiger partial charge in [-0.1, -0.05) is 163 Å². The van der Waals surface area contributed by atoms with Crippen molar-refractivity contribution < 1.29 is 0 Å². The first-order chi connectivity index (χ1) is 25.3. The number of nitrogens with zero attached hydrogens (tertiary/aromatic N) is 2. The van der Waals surface area contributed by atoms with Gasteiger partial charge < -0.3 is 9.80 Å². The Hall–Kier alpha value is -6.35. The summed E-state index contributed by atoms with van der Waals surface area (Å²) in [6, 6.07) is 70.9. The second kappa shape index (κ2) is 13.2. The van der Waals surface area contributed by atoms with Gasteiger partial charge in [0.25, 0.3) is 0 Å². The van der Waals surface area contributed by atoms with E-state index in [1.165, 1.54) is 0 Å². The van der Waals surface area contributed by atoms with Gasteiger partial charge in [0.15, 0.2) is 0 Å². The smallest absolute Gasteiger partial charge is 0.0900 e. The highest BCUT2D eigenvalue weighted by Crippen LogP contribution is 2.59. The third-order valence-electron chi connectivity index (χ3n) is 9.59. The summed E-state index contributed by atoms with van der Waals surface area (Å²) in [7, 11) is 0. The van der Waals surface area contributed by atoms with Gasteiger partial charge >= 0.3 is 0 Å². The molecular formula is C48H33ClN2. The Morgan fingerprint density at radius 3 is 0.941 bits per heavy atom. The molecule has 1 heterocycles. The van der Waals surface area contributed by atoms with Crippen LogP contribution in [-0.2, 0) is 0 Å². The van der Waals surface area contributed by atoms with Crippen LogP contribution in [0.4, 0.5) is 34.1 Å². The molecule has 8 aromatic rings. The van der Waals surface area contributed by atoms with E-state index >= 15 is 0 Å². The minimum Gasteiger partial charge on any atom is -0.308 e. The lowest BCUT2D eigenvalue weighted by Gasteiger charge is -2.36. The van der Waals surface area contributed by atoms with Crippen molar-refractivity contribution in [1.82, 2.24) is 0 Å². The molecule has 0 aliphatic carbocycles. The van der Waals surface area contributed by atoms with Crippen LogP contribution in [0.2, 0.25) is 5.02 Å². The van der Waals surface area contributed by atoms with Crippen LogP contribution in [0, 0.1) is 0 Å². The van der Waals surface area contributed by atoms with E-state index < -0.39 is 0 Å². The number of halogens is 1. The van der Waals surface area contributed by atoms with E-state index in [1.54, 1.807) is 0 Å². The van der Waals surface area contributed by atoms with Crippen LogP contribution >= 0.6 is 11.6 Å². The highest BCUT2D eigenvalue weighted by atomic mass is 35.5. The first kappa shape index (κ1) is 30.7. The van der Waals surface area contributed by atoms with Gasteiger partial charge in [-0.3, -0.25) is 0 Å². The monoisotopic (exact) mass is 672 g/mol. The van der Waals surface area contributed by atoms with Gasteiger partial charge in [-0.2, -0.15) is 0 Å². The molecule has 0 spiro atoms. The van der Waals surface area contributed by atoms with Gasteiger partial charge in [0, 0.05) is 39.4 Å². The fraction of sp³-hybridized carbons (Fsp3) is 0. The summed E-state index contributed by atoms with van der Waals surface area (Å²) in [6.07, 6.45) is 0. The van der Waals surface area contributed by atoms with Gasteiger partial charge in [-0.25, -0.2) is 0 Å². The molecule has 9 rings (SSSR count). The van der Waals surface area contributed by atoms with Gasteiger partial charge in [0.05, 0.1) is 16.4 Å². The number of anilines is 6. The third kappa shape index (κ3) is 5.47. The van der Waals surface area contributed by atoms with Crippen molar-refractivity contribution in [3.63, 3.8) is 0 Å².